The van der Waals surface area contributed by atoms with Crippen LogP contribution in [-0.4, -0.2) is 25.2 Å². The number of carbonyl (C=O) groups excluding carboxylic acids is 1. The maximum absolute atomic E-state index is 10.9. The Bertz CT molecular complexity index is 221. The standard InChI is InChI=1S/C10H15NO2/c1-2-5-10(12)11-8-9-6-3-4-7-13-9/h9H,3-4,6-8H2,1H3,(H,11,12). The van der Waals surface area contributed by atoms with Crippen LogP contribution in [0.15, 0.2) is 0 Å². The molecule has 0 aromatic heterocycles. The Morgan fingerprint density at radius 1 is 1.62 bits per heavy atom. The smallest absolute Gasteiger partial charge is 0.295 e. The fraction of sp³-hybridized carbons (Fsp3) is 0.700. The van der Waals surface area contributed by atoms with Crippen LogP contribution in [0.3, 0.4) is 0 Å². The minimum absolute atomic E-state index is 0.191. The van der Waals surface area contributed by atoms with E-state index in [2.05, 4.69) is 17.2 Å². The van der Waals surface area contributed by atoms with Crippen molar-refractivity contribution in [3.63, 3.8) is 0 Å². The van der Waals surface area contributed by atoms with E-state index in [0.717, 1.165) is 19.4 Å². The topological polar surface area (TPSA) is 38.3 Å². The monoisotopic (exact) mass is 181 g/mol. The first kappa shape index (κ1) is 10.1. The van der Waals surface area contributed by atoms with Crippen molar-refractivity contribution in [1.82, 2.24) is 5.32 Å². The van der Waals surface area contributed by atoms with Crippen LogP contribution in [0, 0.1) is 11.8 Å². The van der Waals surface area contributed by atoms with Crippen LogP contribution < -0.4 is 5.32 Å². The van der Waals surface area contributed by atoms with Gasteiger partial charge in [0.1, 0.15) is 0 Å². The van der Waals surface area contributed by atoms with E-state index in [4.69, 9.17) is 4.74 Å². The summed E-state index contributed by atoms with van der Waals surface area (Å²) < 4.78 is 5.44. The molecular formula is C10H15NO2. The van der Waals surface area contributed by atoms with Gasteiger partial charge in [-0.05, 0) is 32.1 Å². The van der Waals surface area contributed by atoms with Crippen molar-refractivity contribution in [1.29, 1.82) is 0 Å². The van der Waals surface area contributed by atoms with E-state index in [0.29, 0.717) is 6.54 Å². The first-order valence-electron chi connectivity index (χ1n) is 4.65. The van der Waals surface area contributed by atoms with Crippen molar-refractivity contribution < 1.29 is 9.53 Å². The lowest BCUT2D eigenvalue weighted by Crippen LogP contribution is -2.34. The van der Waals surface area contributed by atoms with E-state index < -0.39 is 0 Å². The molecule has 0 bridgehead atoms. The molecule has 1 unspecified atom stereocenters. The van der Waals surface area contributed by atoms with Gasteiger partial charge in [0.05, 0.1) is 6.10 Å². The van der Waals surface area contributed by atoms with Crippen molar-refractivity contribution in [3.8, 4) is 11.8 Å². The first-order chi connectivity index (χ1) is 6.33. The van der Waals surface area contributed by atoms with E-state index in [9.17, 15) is 4.79 Å². The van der Waals surface area contributed by atoms with E-state index >= 15 is 0 Å². The Morgan fingerprint density at radius 3 is 3.08 bits per heavy atom. The summed E-state index contributed by atoms with van der Waals surface area (Å²) in [6, 6.07) is 0. The number of rotatable bonds is 2. The van der Waals surface area contributed by atoms with Gasteiger partial charge >= 0.3 is 0 Å². The van der Waals surface area contributed by atoms with Gasteiger partial charge in [-0.1, -0.05) is 5.92 Å². The van der Waals surface area contributed by atoms with Crippen LogP contribution in [0.2, 0.25) is 0 Å². The first-order valence-corrected chi connectivity index (χ1v) is 4.65. The number of amides is 1. The molecule has 0 saturated carbocycles. The summed E-state index contributed by atoms with van der Waals surface area (Å²) in [7, 11) is 0. The van der Waals surface area contributed by atoms with Crippen LogP contribution >= 0.6 is 0 Å². The molecule has 1 amide bonds. The number of hydrogen-bond acceptors (Lipinski definition) is 2. The van der Waals surface area contributed by atoms with Crippen molar-refractivity contribution in [2.45, 2.75) is 32.3 Å². The van der Waals surface area contributed by atoms with E-state index in [1.54, 1.807) is 6.92 Å². The molecule has 3 nitrogen and oxygen atoms in total. The number of hydrogen-bond donors (Lipinski definition) is 1. The summed E-state index contributed by atoms with van der Waals surface area (Å²) in [5, 5.41) is 2.72. The quantitative estimate of drug-likeness (QED) is 0.637. The second kappa shape index (κ2) is 5.60. The zero-order valence-electron chi connectivity index (χ0n) is 7.93. The summed E-state index contributed by atoms with van der Waals surface area (Å²) in [4.78, 5) is 10.9. The molecule has 72 valence electrons. The molecule has 0 spiro atoms. The zero-order chi connectivity index (χ0) is 9.52. The highest BCUT2D eigenvalue weighted by Gasteiger charge is 2.13. The second-order valence-electron chi connectivity index (χ2n) is 3.07. The Labute approximate surface area is 78.8 Å². The molecule has 1 aliphatic rings. The Hall–Kier alpha value is -1.01. The fourth-order valence-corrected chi connectivity index (χ4v) is 1.33. The predicted molar refractivity (Wildman–Crippen MR) is 50.1 cm³/mol. The van der Waals surface area contributed by atoms with Crippen molar-refractivity contribution >= 4 is 5.91 Å². The van der Waals surface area contributed by atoms with Crippen molar-refractivity contribution in [2.24, 2.45) is 0 Å². The SMILES string of the molecule is CC#CC(=O)NCC1CCCCO1. The van der Waals surface area contributed by atoms with Crippen LogP contribution in [-0.2, 0) is 9.53 Å². The maximum atomic E-state index is 10.9. The highest BCUT2D eigenvalue weighted by atomic mass is 16.5. The molecule has 1 fully saturated rings. The molecule has 1 saturated heterocycles. The van der Waals surface area contributed by atoms with Gasteiger partial charge in [0, 0.05) is 13.2 Å². The third-order valence-corrected chi connectivity index (χ3v) is 2.00. The van der Waals surface area contributed by atoms with E-state index in [-0.39, 0.29) is 12.0 Å². The average Bonchev–Trinajstić information content (AvgIpc) is 2.17. The third-order valence-electron chi connectivity index (χ3n) is 2.00. The summed E-state index contributed by atoms with van der Waals surface area (Å²) in [6.07, 6.45) is 3.57. The minimum atomic E-state index is -0.211. The van der Waals surface area contributed by atoms with E-state index in [1.807, 2.05) is 0 Å². The largest absolute Gasteiger partial charge is 0.376 e. The summed E-state index contributed by atoms with van der Waals surface area (Å²) in [5.74, 6) is 4.77. The summed E-state index contributed by atoms with van der Waals surface area (Å²) in [6.45, 7) is 3.06. The Balaban J connectivity index is 2.16. The van der Waals surface area contributed by atoms with Gasteiger partial charge in [-0.3, -0.25) is 4.79 Å². The second-order valence-corrected chi connectivity index (χ2v) is 3.07. The highest BCUT2D eigenvalue weighted by molar-refractivity contribution is 5.93. The molecule has 13 heavy (non-hydrogen) atoms. The number of ether oxygens (including phenoxy) is 1. The average molecular weight is 181 g/mol. The van der Waals surface area contributed by atoms with Gasteiger partial charge in [0.25, 0.3) is 5.91 Å². The lowest BCUT2D eigenvalue weighted by atomic mass is 10.1. The molecule has 0 radical (unpaired) electrons. The summed E-state index contributed by atoms with van der Waals surface area (Å²) in [5.41, 5.74) is 0. The molecule has 1 aliphatic heterocycles. The number of nitrogens with one attached hydrogen (secondary N) is 1. The van der Waals surface area contributed by atoms with Gasteiger partial charge in [-0.25, -0.2) is 0 Å². The van der Waals surface area contributed by atoms with E-state index in [1.165, 1.54) is 6.42 Å². The maximum Gasteiger partial charge on any atom is 0.295 e. The third kappa shape index (κ3) is 3.95. The molecule has 1 atom stereocenters. The normalized spacial score (nSPS) is 21.5. The molecule has 3 heteroatoms. The van der Waals surface area contributed by atoms with Crippen LogP contribution in [0.1, 0.15) is 26.2 Å². The van der Waals surface area contributed by atoms with Gasteiger partial charge in [-0.15, -0.1) is 0 Å². The minimum Gasteiger partial charge on any atom is -0.376 e. The van der Waals surface area contributed by atoms with Gasteiger partial charge in [0.15, 0.2) is 0 Å². The molecule has 1 N–H and O–H groups in total. The van der Waals surface area contributed by atoms with Gasteiger partial charge < -0.3 is 10.1 Å². The zero-order valence-corrected chi connectivity index (χ0v) is 7.93. The lowest BCUT2D eigenvalue weighted by molar-refractivity contribution is -0.116. The summed E-state index contributed by atoms with van der Waals surface area (Å²) >= 11 is 0. The highest BCUT2D eigenvalue weighted by Crippen LogP contribution is 2.11. The lowest BCUT2D eigenvalue weighted by Gasteiger charge is -2.22. The van der Waals surface area contributed by atoms with Crippen molar-refractivity contribution in [2.75, 3.05) is 13.2 Å². The van der Waals surface area contributed by atoms with Gasteiger partial charge in [0.2, 0.25) is 0 Å². The Kier molecular flexibility index (Phi) is 4.34. The fourth-order valence-electron chi connectivity index (χ4n) is 1.33. The molecule has 0 aliphatic carbocycles. The molecule has 0 aromatic rings. The molecule has 1 heterocycles. The predicted octanol–water partition coefficient (Wildman–Crippen LogP) is 0.695. The van der Waals surface area contributed by atoms with Crippen LogP contribution in [0.25, 0.3) is 0 Å². The van der Waals surface area contributed by atoms with Gasteiger partial charge in [-0.2, -0.15) is 0 Å². The Morgan fingerprint density at radius 2 is 2.46 bits per heavy atom. The molecule has 0 aromatic carbocycles. The van der Waals surface area contributed by atoms with Crippen LogP contribution in [0.5, 0.6) is 0 Å². The molecular weight excluding hydrogens is 166 g/mol. The molecule has 1 rings (SSSR count). The van der Waals surface area contributed by atoms with Crippen LogP contribution in [0.4, 0.5) is 0 Å². The number of carbonyl (C=O) groups is 1. The van der Waals surface area contributed by atoms with Crippen molar-refractivity contribution in [3.05, 3.63) is 0 Å².